The number of aromatic nitrogens is 3. The molecule has 1 unspecified atom stereocenters. The molecule has 30 heavy (non-hydrogen) atoms. The van der Waals surface area contributed by atoms with Crippen LogP contribution in [0, 0.1) is 19.8 Å². The van der Waals surface area contributed by atoms with Gasteiger partial charge < -0.3 is 10.2 Å². The van der Waals surface area contributed by atoms with E-state index in [0.717, 1.165) is 58.9 Å². The van der Waals surface area contributed by atoms with E-state index in [9.17, 15) is 4.79 Å². The van der Waals surface area contributed by atoms with Gasteiger partial charge in [-0.15, -0.1) is 0 Å². The van der Waals surface area contributed by atoms with Crippen molar-refractivity contribution in [3.05, 3.63) is 63.1 Å². The van der Waals surface area contributed by atoms with E-state index in [2.05, 4.69) is 16.4 Å². The Morgan fingerprint density at radius 1 is 1.27 bits per heavy atom. The monoisotopic (exact) mass is 423 g/mol. The number of aryl methyl sites for hydroxylation is 2. The van der Waals surface area contributed by atoms with Crippen molar-refractivity contribution in [1.82, 2.24) is 24.8 Å². The van der Waals surface area contributed by atoms with E-state index in [0.29, 0.717) is 24.0 Å². The van der Waals surface area contributed by atoms with Crippen LogP contribution < -0.4 is 5.32 Å². The Kier molecular flexibility index (Phi) is 4.99. The Morgan fingerprint density at radius 3 is 2.90 bits per heavy atom. The normalized spacial score (nSPS) is 18.8. The summed E-state index contributed by atoms with van der Waals surface area (Å²) >= 11 is 6.34. The minimum absolute atomic E-state index is 0.0768. The van der Waals surface area contributed by atoms with E-state index in [1.165, 1.54) is 12.8 Å². The first-order valence-corrected chi connectivity index (χ1v) is 11.0. The number of nitrogens with zero attached hydrogens (tertiary/aromatic N) is 4. The fourth-order valence-electron chi connectivity index (χ4n) is 4.74. The number of hydrogen-bond acceptors (Lipinski definition) is 4. The minimum Gasteiger partial charge on any atom is -0.328 e. The molecule has 1 amide bonds. The van der Waals surface area contributed by atoms with E-state index < -0.39 is 0 Å². The molecule has 4 heterocycles. The predicted molar refractivity (Wildman–Crippen MR) is 117 cm³/mol. The van der Waals surface area contributed by atoms with Gasteiger partial charge in [0.1, 0.15) is 0 Å². The lowest BCUT2D eigenvalue weighted by Gasteiger charge is -2.24. The summed E-state index contributed by atoms with van der Waals surface area (Å²) in [5.41, 5.74) is 6.38. The zero-order valence-corrected chi connectivity index (χ0v) is 18.2. The Labute approximate surface area is 181 Å². The minimum atomic E-state index is 0.0768. The van der Waals surface area contributed by atoms with Crippen LogP contribution in [0.5, 0.6) is 0 Å². The number of nitrogens with one attached hydrogen (secondary N) is 1. The van der Waals surface area contributed by atoms with Crippen LogP contribution in [0.4, 0.5) is 0 Å². The third-order valence-corrected chi connectivity index (χ3v) is 6.95. The van der Waals surface area contributed by atoms with E-state index >= 15 is 0 Å². The molecule has 1 saturated heterocycles. The van der Waals surface area contributed by atoms with Gasteiger partial charge in [-0.1, -0.05) is 29.8 Å². The number of carbonyl (C=O) groups is 1. The first-order chi connectivity index (χ1) is 14.5. The predicted octanol–water partition coefficient (Wildman–Crippen LogP) is 3.70. The molecule has 156 valence electrons. The van der Waals surface area contributed by atoms with Crippen LogP contribution in [0.3, 0.4) is 0 Å². The van der Waals surface area contributed by atoms with Crippen molar-refractivity contribution in [3.63, 3.8) is 0 Å². The highest BCUT2D eigenvalue weighted by molar-refractivity contribution is 6.31. The van der Waals surface area contributed by atoms with Crippen molar-refractivity contribution in [2.75, 3.05) is 13.1 Å². The number of hydrogen-bond donors (Lipinski definition) is 1. The van der Waals surface area contributed by atoms with Crippen LogP contribution in [0.15, 0.2) is 24.3 Å². The Balaban J connectivity index is 1.41. The summed E-state index contributed by atoms with van der Waals surface area (Å²) in [6.45, 7) is 7.02. The van der Waals surface area contributed by atoms with Crippen molar-refractivity contribution in [1.29, 1.82) is 0 Å². The van der Waals surface area contributed by atoms with E-state index in [1.54, 1.807) is 0 Å². The number of rotatable bonds is 3. The maximum Gasteiger partial charge on any atom is 0.254 e. The first kappa shape index (κ1) is 19.5. The molecule has 1 fully saturated rings. The van der Waals surface area contributed by atoms with Gasteiger partial charge in [0.25, 0.3) is 5.91 Å². The van der Waals surface area contributed by atoms with Crippen molar-refractivity contribution < 1.29 is 4.79 Å². The number of carbonyl (C=O) groups excluding carboxylic acids is 1. The zero-order valence-electron chi connectivity index (χ0n) is 17.4. The number of fused-ring (bicyclic) bond motifs is 3. The molecular formula is C23H26ClN5O. The van der Waals surface area contributed by atoms with Gasteiger partial charge in [0.15, 0.2) is 5.65 Å². The Morgan fingerprint density at radius 2 is 2.10 bits per heavy atom. The van der Waals surface area contributed by atoms with Gasteiger partial charge in [0.2, 0.25) is 0 Å². The molecule has 1 aromatic carbocycles. The van der Waals surface area contributed by atoms with Crippen molar-refractivity contribution in [2.45, 2.75) is 46.2 Å². The van der Waals surface area contributed by atoms with Gasteiger partial charge in [-0.3, -0.25) is 4.79 Å². The largest absolute Gasteiger partial charge is 0.328 e. The van der Waals surface area contributed by atoms with Crippen LogP contribution in [-0.2, 0) is 19.5 Å². The number of amides is 1. The summed E-state index contributed by atoms with van der Waals surface area (Å²) in [6, 6.07) is 8.05. The summed E-state index contributed by atoms with van der Waals surface area (Å²) in [5, 5.41) is 8.82. The Hall–Kier alpha value is -2.44. The van der Waals surface area contributed by atoms with Crippen LogP contribution >= 0.6 is 11.6 Å². The molecule has 2 aliphatic rings. The highest BCUT2D eigenvalue weighted by Crippen LogP contribution is 2.30. The van der Waals surface area contributed by atoms with Crippen molar-refractivity contribution in [3.8, 4) is 0 Å². The topological polar surface area (TPSA) is 62.5 Å². The Bertz CT molecular complexity index is 1130. The molecule has 2 aromatic heterocycles. The second-order valence-electron chi connectivity index (χ2n) is 8.49. The number of halogens is 1. The van der Waals surface area contributed by atoms with Crippen LogP contribution in [0.1, 0.15) is 51.4 Å². The maximum atomic E-state index is 13.4. The molecule has 0 saturated carbocycles. The lowest BCUT2D eigenvalue weighted by atomic mass is 9.90. The lowest BCUT2D eigenvalue weighted by molar-refractivity contribution is 0.0748. The SMILES string of the molecule is Cc1nc2c3c(nn2c(C)c1Cl)CN(C(=O)c1ccccc1CC1CCCNC1)C3. The summed E-state index contributed by atoms with van der Waals surface area (Å²) in [6.07, 6.45) is 3.37. The molecule has 6 nitrogen and oxygen atoms in total. The number of piperidine rings is 1. The molecule has 3 aromatic rings. The summed E-state index contributed by atoms with van der Waals surface area (Å²) in [5.74, 6) is 0.667. The van der Waals surface area contributed by atoms with Crippen molar-refractivity contribution >= 4 is 23.2 Å². The fraction of sp³-hybridized carbons (Fsp3) is 0.435. The average molecular weight is 424 g/mol. The van der Waals surface area contributed by atoms with E-state index in [1.807, 2.05) is 41.5 Å². The fourth-order valence-corrected chi connectivity index (χ4v) is 4.87. The van der Waals surface area contributed by atoms with Gasteiger partial charge in [-0.2, -0.15) is 5.10 Å². The molecule has 1 atom stereocenters. The average Bonchev–Trinajstić information content (AvgIpc) is 3.32. The molecule has 0 bridgehead atoms. The number of benzene rings is 1. The molecule has 0 spiro atoms. The zero-order chi connectivity index (χ0) is 20.8. The summed E-state index contributed by atoms with van der Waals surface area (Å²) < 4.78 is 1.81. The highest BCUT2D eigenvalue weighted by atomic mass is 35.5. The molecule has 0 radical (unpaired) electrons. The third-order valence-electron chi connectivity index (χ3n) is 6.40. The first-order valence-electron chi connectivity index (χ1n) is 10.6. The maximum absolute atomic E-state index is 13.4. The van der Waals surface area contributed by atoms with Gasteiger partial charge in [-0.25, -0.2) is 9.50 Å². The molecule has 7 heteroatoms. The van der Waals surface area contributed by atoms with E-state index in [-0.39, 0.29) is 5.91 Å². The quantitative estimate of drug-likeness (QED) is 0.697. The lowest BCUT2D eigenvalue weighted by Crippen LogP contribution is -2.32. The standard InChI is InChI=1S/C23H26ClN5O/c1-14-21(24)15(2)29-22(26-14)19-12-28(13-20(19)27-29)23(30)18-8-4-3-7-17(18)10-16-6-5-9-25-11-16/h3-4,7-8,16,25H,5-6,9-13H2,1-2H3. The van der Waals surface area contributed by atoms with Crippen LogP contribution in [0.2, 0.25) is 5.02 Å². The molecular weight excluding hydrogens is 398 g/mol. The molecule has 1 N–H and O–H groups in total. The second kappa shape index (κ2) is 7.67. The highest BCUT2D eigenvalue weighted by Gasteiger charge is 2.31. The summed E-state index contributed by atoms with van der Waals surface area (Å²) in [7, 11) is 0. The molecule has 2 aliphatic heterocycles. The molecule has 0 aliphatic carbocycles. The molecule has 5 rings (SSSR count). The smallest absolute Gasteiger partial charge is 0.254 e. The van der Waals surface area contributed by atoms with Gasteiger partial charge in [0, 0.05) is 11.1 Å². The van der Waals surface area contributed by atoms with Gasteiger partial charge in [0.05, 0.1) is 35.2 Å². The van der Waals surface area contributed by atoms with Crippen LogP contribution in [-0.4, -0.2) is 38.5 Å². The van der Waals surface area contributed by atoms with Gasteiger partial charge >= 0.3 is 0 Å². The third kappa shape index (κ3) is 3.28. The summed E-state index contributed by atoms with van der Waals surface area (Å²) in [4.78, 5) is 20.0. The van der Waals surface area contributed by atoms with Crippen molar-refractivity contribution in [2.24, 2.45) is 5.92 Å². The van der Waals surface area contributed by atoms with Gasteiger partial charge in [-0.05, 0) is 63.7 Å². The van der Waals surface area contributed by atoms with E-state index in [4.69, 9.17) is 16.7 Å². The van der Waals surface area contributed by atoms with Crippen LogP contribution in [0.25, 0.3) is 5.65 Å². The second-order valence-corrected chi connectivity index (χ2v) is 8.87.